The molecule has 0 radical (unpaired) electrons. The molecule has 4 nitrogen and oxygen atoms in total. The number of hydrogen-bond acceptors (Lipinski definition) is 3. The normalized spacial score (nSPS) is 38.1. The number of morpholine rings is 1. The smallest absolute Gasteiger partial charge is 0.226 e. The second kappa shape index (κ2) is 6.89. The number of carbonyl (C=O) groups is 1. The number of nitrogens with zero attached hydrogens (tertiary/aromatic N) is 1. The van der Waals surface area contributed by atoms with Crippen LogP contribution in [0.5, 0.6) is 0 Å². The second-order valence-electron chi connectivity index (χ2n) is 9.60. The summed E-state index contributed by atoms with van der Waals surface area (Å²) in [5.41, 5.74) is 1.60. The van der Waals surface area contributed by atoms with Gasteiger partial charge in [0.05, 0.1) is 18.6 Å². The van der Waals surface area contributed by atoms with Crippen LogP contribution < -0.4 is 5.32 Å². The van der Waals surface area contributed by atoms with Gasteiger partial charge in [-0.15, -0.1) is 0 Å². The molecule has 5 aliphatic rings. The molecule has 4 aliphatic carbocycles. The molecule has 6 rings (SSSR count). The van der Waals surface area contributed by atoms with Crippen LogP contribution in [0.1, 0.15) is 44.1 Å². The molecule has 27 heavy (non-hydrogen) atoms. The van der Waals surface area contributed by atoms with E-state index in [-0.39, 0.29) is 10.8 Å². The topological polar surface area (TPSA) is 41.6 Å². The van der Waals surface area contributed by atoms with E-state index in [0.717, 1.165) is 70.5 Å². The average Bonchev–Trinajstić information content (AvgIpc) is 2.68. The van der Waals surface area contributed by atoms with Crippen LogP contribution >= 0.6 is 0 Å². The van der Waals surface area contributed by atoms with Crippen molar-refractivity contribution < 1.29 is 9.53 Å². The van der Waals surface area contributed by atoms with Crippen molar-refractivity contribution in [3.05, 3.63) is 35.9 Å². The van der Waals surface area contributed by atoms with Crippen LogP contribution in [0, 0.1) is 17.3 Å². The zero-order valence-electron chi connectivity index (χ0n) is 16.3. The first-order valence-corrected chi connectivity index (χ1v) is 10.8. The summed E-state index contributed by atoms with van der Waals surface area (Å²) in [6.07, 6.45) is 7.20. The highest BCUT2D eigenvalue weighted by molar-refractivity contribution is 5.83. The van der Waals surface area contributed by atoms with Crippen molar-refractivity contribution in [1.82, 2.24) is 10.2 Å². The zero-order valence-corrected chi connectivity index (χ0v) is 16.3. The van der Waals surface area contributed by atoms with Crippen LogP contribution in [-0.2, 0) is 14.9 Å². The van der Waals surface area contributed by atoms with Gasteiger partial charge in [0.1, 0.15) is 0 Å². The first-order chi connectivity index (χ1) is 13.2. The monoisotopic (exact) mass is 368 g/mol. The third-order valence-electron chi connectivity index (χ3n) is 7.75. The van der Waals surface area contributed by atoms with Gasteiger partial charge in [0, 0.05) is 26.2 Å². The molecule has 4 bridgehead atoms. The van der Waals surface area contributed by atoms with Crippen molar-refractivity contribution in [2.75, 3.05) is 39.4 Å². The summed E-state index contributed by atoms with van der Waals surface area (Å²) >= 11 is 0. The molecular formula is C23H32N2O2. The molecule has 1 aromatic carbocycles. The lowest BCUT2D eigenvalue weighted by atomic mass is 9.42. The zero-order chi connectivity index (χ0) is 18.3. The standard InChI is InChI=1S/C23H32N2O2/c26-21(24-6-7-25-8-10-27-11-9-25)23-15-18-12-19(16-23)14-22(13-18,17-23)20-4-2-1-3-5-20/h1-5,18-19H,6-17H2,(H,24,26)/t18-,19+,22?,23?. The van der Waals surface area contributed by atoms with Crippen molar-refractivity contribution in [3.8, 4) is 0 Å². The Morgan fingerprint density at radius 1 is 1.07 bits per heavy atom. The van der Waals surface area contributed by atoms with Crippen LogP contribution in [0.4, 0.5) is 0 Å². The minimum Gasteiger partial charge on any atom is -0.379 e. The lowest BCUT2D eigenvalue weighted by Crippen LogP contribution is -2.59. The van der Waals surface area contributed by atoms with Gasteiger partial charge >= 0.3 is 0 Å². The minimum absolute atomic E-state index is 0.120. The van der Waals surface area contributed by atoms with E-state index in [1.165, 1.54) is 24.8 Å². The lowest BCUT2D eigenvalue weighted by Gasteiger charge is -2.61. The van der Waals surface area contributed by atoms with Crippen LogP contribution in [0.25, 0.3) is 0 Å². The Hall–Kier alpha value is -1.39. The lowest BCUT2D eigenvalue weighted by molar-refractivity contribution is -0.149. The van der Waals surface area contributed by atoms with Gasteiger partial charge in [-0.3, -0.25) is 9.69 Å². The molecule has 1 saturated heterocycles. The van der Waals surface area contributed by atoms with E-state index < -0.39 is 0 Å². The van der Waals surface area contributed by atoms with E-state index in [1.807, 2.05) is 0 Å². The molecule has 1 amide bonds. The molecule has 1 aromatic rings. The van der Waals surface area contributed by atoms with Crippen molar-refractivity contribution in [3.63, 3.8) is 0 Å². The van der Waals surface area contributed by atoms with Gasteiger partial charge in [0.15, 0.2) is 0 Å². The van der Waals surface area contributed by atoms with Gasteiger partial charge in [-0.05, 0) is 61.3 Å². The fourth-order valence-electron chi connectivity index (χ4n) is 7.00. The number of rotatable bonds is 5. The maximum atomic E-state index is 13.4. The molecule has 1 heterocycles. The number of ether oxygens (including phenoxy) is 1. The highest BCUT2D eigenvalue weighted by atomic mass is 16.5. The average molecular weight is 369 g/mol. The van der Waals surface area contributed by atoms with Gasteiger partial charge in [-0.2, -0.15) is 0 Å². The first-order valence-electron chi connectivity index (χ1n) is 10.8. The predicted molar refractivity (Wildman–Crippen MR) is 106 cm³/mol. The third-order valence-corrected chi connectivity index (χ3v) is 7.75. The fourth-order valence-corrected chi connectivity index (χ4v) is 7.00. The third kappa shape index (κ3) is 3.21. The van der Waals surface area contributed by atoms with E-state index in [0.29, 0.717) is 5.91 Å². The second-order valence-corrected chi connectivity index (χ2v) is 9.60. The molecular weight excluding hydrogens is 336 g/mol. The van der Waals surface area contributed by atoms with E-state index in [2.05, 4.69) is 40.5 Å². The highest BCUT2D eigenvalue weighted by Gasteiger charge is 2.60. The van der Waals surface area contributed by atoms with Gasteiger partial charge in [0.25, 0.3) is 0 Å². The molecule has 4 atom stereocenters. The van der Waals surface area contributed by atoms with Crippen molar-refractivity contribution in [2.24, 2.45) is 17.3 Å². The number of carbonyl (C=O) groups excluding carboxylic acids is 1. The van der Waals surface area contributed by atoms with Gasteiger partial charge in [0.2, 0.25) is 5.91 Å². The Labute approximate surface area is 162 Å². The Bertz CT molecular complexity index is 669. The molecule has 2 unspecified atom stereocenters. The Balaban J connectivity index is 1.29. The Morgan fingerprint density at radius 3 is 2.48 bits per heavy atom. The molecule has 0 spiro atoms. The van der Waals surface area contributed by atoms with E-state index in [1.54, 1.807) is 0 Å². The summed E-state index contributed by atoms with van der Waals surface area (Å²) in [4.78, 5) is 15.8. The van der Waals surface area contributed by atoms with Crippen LogP contribution in [0.15, 0.2) is 30.3 Å². The fraction of sp³-hybridized carbons (Fsp3) is 0.696. The van der Waals surface area contributed by atoms with Crippen molar-refractivity contribution in [1.29, 1.82) is 0 Å². The van der Waals surface area contributed by atoms with Crippen LogP contribution in [0.3, 0.4) is 0 Å². The molecule has 1 N–H and O–H groups in total. The van der Waals surface area contributed by atoms with E-state index in [4.69, 9.17) is 4.74 Å². The largest absolute Gasteiger partial charge is 0.379 e. The van der Waals surface area contributed by atoms with Gasteiger partial charge in [-0.1, -0.05) is 30.3 Å². The minimum atomic E-state index is -0.120. The highest BCUT2D eigenvalue weighted by Crippen LogP contribution is 2.65. The van der Waals surface area contributed by atoms with Crippen LogP contribution in [-0.4, -0.2) is 50.2 Å². The van der Waals surface area contributed by atoms with E-state index in [9.17, 15) is 4.79 Å². The SMILES string of the molecule is O=C(NCCN1CCOCC1)C12C[C@H]3C[C@@H](C1)CC(c1ccccc1)(C3)C2. The summed E-state index contributed by atoms with van der Waals surface area (Å²) in [5, 5.41) is 3.33. The maximum Gasteiger partial charge on any atom is 0.226 e. The maximum absolute atomic E-state index is 13.4. The number of nitrogens with one attached hydrogen (secondary N) is 1. The van der Waals surface area contributed by atoms with Crippen molar-refractivity contribution in [2.45, 2.75) is 43.9 Å². The summed E-state index contributed by atoms with van der Waals surface area (Å²) in [7, 11) is 0. The van der Waals surface area contributed by atoms with Crippen molar-refractivity contribution >= 4 is 5.91 Å². The number of benzene rings is 1. The Morgan fingerprint density at radius 2 is 1.78 bits per heavy atom. The summed E-state index contributed by atoms with van der Waals surface area (Å²) < 4.78 is 5.42. The predicted octanol–water partition coefficient (Wildman–Crippen LogP) is 2.97. The van der Waals surface area contributed by atoms with Gasteiger partial charge in [-0.25, -0.2) is 0 Å². The molecule has 146 valence electrons. The number of amides is 1. The molecule has 4 heteroatoms. The molecule has 1 aliphatic heterocycles. The van der Waals surface area contributed by atoms with E-state index >= 15 is 0 Å². The summed E-state index contributed by atoms with van der Waals surface area (Å²) in [6, 6.07) is 11.1. The van der Waals surface area contributed by atoms with Crippen LogP contribution in [0.2, 0.25) is 0 Å². The number of hydrogen-bond donors (Lipinski definition) is 1. The quantitative estimate of drug-likeness (QED) is 0.869. The molecule has 0 aromatic heterocycles. The van der Waals surface area contributed by atoms with Gasteiger partial charge < -0.3 is 10.1 Å². The summed E-state index contributed by atoms with van der Waals surface area (Å²) in [5.74, 6) is 1.80. The molecule has 4 saturated carbocycles. The Kier molecular flexibility index (Phi) is 4.52. The molecule has 5 fully saturated rings. The first kappa shape index (κ1) is 17.7. The summed E-state index contributed by atoms with van der Waals surface area (Å²) in [6.45, 7) is 5.34.